The van der Waals surface area contributed by atoms with Gasteiger partial charge in [0.25, 0.3) is 0 Å². The summed E-state index contributed by atoms with van der Waals surface area (Å²) in [6, 6.07) is 0.234. The number of piperidine rings is 1. The second-order valence-corrected chi connectivity index (χ2v) is 13.1. The number of hydrogen-bond acceptors (Lipinski definition) is 2. The molecule has 0 aromatic rings. The molecule has 4 aliphatic rings. The van der Waals surface area contributed by atoms with Crippen LogP contribution in [0.5, 0.6) is 0 Å². The van der Waals surface area contributed by atoms with Gasteiger partial charge < -0.3 is 10.4 Å². The van der Waals surface area contributed by atoms with E-state index in [1.165, 1.54) is 51.4 Å². The van der Waals surface area contributed by atoms with Crippen molar-refractivity contribution in [2.75, 3.05) is 0 Å². The van der Waals surface area contributed by atoms with Crippen molar-refractivity contribution in [3.63, 3.8) is 0 Å². The number of carboxylic acids is 1. The maximum absolute atomic E-state index is 12.6. The zero-order valence-corrected chi connectivity index (χ0v) is 21.2. The highest BCUT2D eigenvalue weighted by molar-refractivity contribution is 5.84. The van der Waals surface area contributed by atoms with Crippen molar-refractivity contribution in [1.82, 2.24) is 5.32 Å². The first-order chi connectivity index (χ1) is 15.1. The van der Waals surface area contributed by atoms with Gasteiger partial charge in [-0.2, -0.15) is 0 Å². The van der Waals surface area contributed by atoms with E-state index in [1.54, 1.807) is 0 Å². The van der Waals surface area contributed by atoms with Gasteiger partial charge in [0.15, 0.2) is 0 Å². The zero-order chi connectivity index (χ0) is 23.3. The first-order valence-corrected chi connectivity index (χ1v) is 13.6. The molecule has 32 heavy (non-hydrogen) atoms. The molecule has 4 fully saturated rings. The number of nitrogens with one attached hydrogen (secondary N) is 1. The minimum Gasteiger partial charge on any atom is -0.481 e. The van der Waals surface area contributed by atoms with E-state index in [0.717, 1.165) is 42.4 Å². The van der Waals surface area contributed by atoms with E-state index in [0.29, 0.717) is 11.3 Å². The van der Waals surface area contributed by atoms with Gasteiger partial charge in [-0.25, -0.2) is 0 Å². The van der Waals surface area contributed by atoms with Crippen LogP contribution < -0.4 is 5.32 Å². The molecule has 4 heteroatoms. The first kappa shape index (κ1) is 24.1. The number of hydrogen-bond donors (Lipinski definition) is 2. The fourth-order valence-electron chi connectivity index (χ4n) is 9.30. The Morgan fingerprint density at radius 3 is 2.44 bits per heavy atom. The summed E-state index contributed by atoms with van der Waals surface area (Å²) in [5.41, 5.74) is 0.527. The average molecular weight is 446 g/mol. The number of amides is 1. The van der Waals surface area contributed by atoms with Gasteiger partial charge in [0.2, 0.25) is 5.91 Å². The second-order valence-electron chi connectivity index (χ2n) is 13.1. The molecule has 4 rings (SSSR count). The lowest BCUT2D eigenvalue weighted by Crippen LogP contribution is -2.63. The van der Waals surface area contributed by atoms with Crippen LogP contribution in [-0.2, 0) is 9.59 Å². The van der Waals surface area contributed by atoms with Crippen molar-refractivity contribution in [2.24, 2.45) is 52.3 Å². The third-order valence-electron chi connectivity index (χ3n) is 10.9. The quantitative estimate of drug-likeness (QED) is 0.484. The molecule has 0 aromatic heterocycles. The van der Waals surface area contributed by atoms with E-state index in [9.17, 15) is 14.7 Å². The van der Waals surface area contributed by atoms with E-state index in [4.69, 9.17) is 0 Å². The molecular formula is C28H47NO3. The van der Waals surface area contributed by atoms with E-state index in [1.807, 2.05) is 0 Å². The minimum absolute atomic E-state index is 0.0230. The second kappa shape index (κ2) is 8.95. The molecule has 0 spiro atoms. The van der Waals surface area contributed by atoms with Crippen LogP contribution in [0.1, 0.15) is 105 Å². The lowest BCUT2D eigenvalue weighted by atomic mass is 9.46. The summed E-state index contributed by atoms with van der Waals surface area (Å²) in [6.45, 7) is 12.2. The van der Waals surface area contributed by atoms with Crippen LogP contribution in [0, 0.1) is 52.3 Å². The van der Waals surface area contributed by atoms with Crippen LogP contribution in [0.3, 0.4) is 0 Å². The molecule has 9 atom stereocenters. The molecular weight excluding hydrogens is 398 g/mol. The van der Waals surface area contributed by atoms with Crippen LogP contribution in [0.4, 0.5) is 0 Å². The Bertz CT molecular complexity index is 719. The summed E-state index contributed by atoms with van der Waals surface area (Å²) < 4.78 is 0. The minimum atomic E-state index is -0.846. The molecule has 3 aliphatic carbocycles. The van der Waals surface area contributed by atoms with Gasteiger partial charge in [0.05, 0.1) is 6.42 Å². The summed E-state index contributed by atoms with van der Waals surface area (Å²) in [5.74, 6) is 3.45. The lowest BCUT2D eigenvalue weighted by molar-refractivity contribution is -0.151. The van der Waals surface area contributed by atoms with E-state index >= 15 is 0 Å². The topological polar surface area (TPSA) is 66.4 Å². The summed E-state index contributed by atoms with van der Waals surface area (Å²) in [6.07, 6.45) is 12.5. The Kier molecular flexibility index (Phi) is 6.73. The number of carbonyl (C=O) groups excluding carboxylic acids is 1. The average Bonchev–Trinajstić information content (AvgIpc) is 3.05. The molecule has 2 unspecified atom stereocenters. The molecule has 4 nitrogen and oxygen atoms in total. The number of rotatable bonds is 7. The van der Waals surface area contributed by atoms with Gasteiger partial charge >= 0.3 is 5.97 Å². The fraction of sp³-hybridized carbons (Fsp3) is 0.929. The van der Waals surface area contributed by atoms with Crippen molar-refractivity contribution in [3.8, 4) is 0 Å². The molecule has 3 saturated carbocycles. The van der Waals surface area contributed by atoms with Gasteiger partial charge in [0, 0.05) is 12.0 Å². The van der Waals surface area contributed by atoms with Gasteiger partial charge in [-0.3, -0.25) is 9.59 Å². The van der Waals surface area contributed by atoms with Crippen LogP contribution >= 0.6 is 0 Å². The SMILES string of the molecule is CC(C)CCC[C@@H](C)[C@H]1CC[C@H]2[C@@H]3CCC4NC(=O)C(CC(=O)O)C[C@]4(C)[C@H]3CC[C@]12C. The Morgan fingerprint density at radius 1 is 1.03 bits per heavy atom. The van der Waals surface area contributed by atoms with Gasteiger partial charge in [-0.15, -0.1) is 0 Å². The normalized spacial score (nSPS) is 44.4. The molecule has 0 radical (unpaired) electrons. The largest absolute Gasteiger partial charge is 0.481 e. The van der Waals surface area contributed by atoms with Gasteiger partial charge in [-0.1, -0.05) is 53.9 Å². The number of carboxylic acid groups (broad SMARTS) is 1. The summed E-state index contributed by atoms with van der Waals surface area (Å²) >= 11 is 0. The van der Waals surface area contributed by atoms with Crippen LogP contribution in [0.2, 0.25) is 0 Å². The Balaban J connectivity index is 1.49. The van der Waals surface area contributed by atoms with Crippen molar-refractivity contribution in [2.45, 2.75) is 111 Å². The molecule has 0 aromatic carbocycles. The van der Waals surface area contributed by atoms with Crippen molar-refractivity contribution >= 4 is 11.9 Å². The van der Waals surface area contributed by atoms with Crippen LogP contribution in [0.15, 0.2) is 0 Å². The standard InChI is InChI=1S/C28H47NO3/c1-17(2)7-6-8-18(3)21-10-11-22-20-9-12-24-28(5,23(20)13-14-27(21,22)4)16-19(15-25(30)31)26(32)29-24/h17-24H,6-16H2,1-5H3,(H,29,32)(H,30,31)/t18-,19?,20+,21-,22+,23+,24?,27-,28-/m1/s1. The Morgan fingerprint density at radius 2 is 1.75 bits per heavy atom. The fourth-order valence-corrected chi connectivity index (χ4v) is 9.30. The highest BCUT2D eigenvalue weighted by Crippen LogP contribution is 2.67. The lowest BCUT2D eigenvalue weighted by Gasteiger charge is -2.61. The predicted molar refractivity (Wildman–Crippen MR) is 128 cm³/mol. The maximum atomic E-state index is 12.6. The predicted octanol–water partition coefficient (Wildman–Crippen LogP) is 6.29. The highest BCUT2D eigenvalue weighted by Gasteiger charge is 2.61. The summed E-state index contributed by atoms with van der Waals surface area (Å²) in [7, 11) is 0. The van der Waals surface area contributed by atoms with E-state index in [2.05, 4.69) is 39.9 Å². The summed E-state index contributed by atoms with van der Waals surface area (Å²) in [5, 5.41) is 12.6. The number of fused-ring (bicyclic) bond motifs is 5. The molecule has 1 saturated heterocycles. The molecule has 2 N–H and O–H groups in total. The van der Waals surface area contributed by atoms with Crippen molar-refractivity contribution < 1.29 is 14.7 Å². The molecule has 0 bridgehead atoms. The third kappa shape index (κ3) is 4.13. The zero-order valence-electron chi connectivity index (χ0n) is 21.2. The maximum Gasteiger partial charge on any atom is 0.304 e. The van der Waals surface area contributed by atoms with Gasteiger partial charge in [-0.05, 0) is 91.3 Å². The van der Waals surface area contributed by atoms with Crippen LogP contribution in [-0.4, -0.2) is 23.0 Å². The molecule has 1 amide bonds. The van der Waals surface area contributed by atoms with E-state index < -0.39 is 5.97 Å². The Labute approximate surface area is 195 Å². The third-order valence-corrected chi connectivity index (χ3v) is 10.9. The number of carbonyl (C=O) groups is 2. The highest BCUT2D eigenvalue weighted by atomic mass is 16.4. The molecule has 1 aliphatic heterocycles. The van der Waals surface area contributed by atoms with Gasteiger partial charge in [0.1, 0.15) is 0 Å². The molecule has 182 valence electrons. The van der Waals surface area contributed by atoms with E-state index in [-0.39, 0.29) is 29.7 Å². The first-order valence-electron chi connectivity index (χ1n) is 13.6. The monoisotopic (exact) mass is 445 g/mol. The molecule has 1 heterocycles. The summed E-state index contributed by atoms with van der Waals surface area (Å²) in [4.78, 5) is 24.0. The van der Waals surface area contributed by atoms with Crippen molar-refractivity contribution in [1.29, 1.82) is 0 Å². The van der Waals surface area contributed by atoms with Crippen molar-refractivity contribution in [3.05, 3.63) is 0 Å². The number of aliphatic carboxylic acids is 1. The van der Waals surface area contributed by atoms with Crippen LogP contribution in [0.25, 0.3) is 0 Å². The smallest absolute Gasteiger partial charge is 0.304 e. The Hall–Kier alpha value is -1.06.